The van der Waals surface area contributed by atoms with Crippen LogP contribution < -0.4 is 5.32 Å². The molecule has 1 aromatic rings. The van der Waals surface area contributed by atoms with Gasteiger partial charge in [0.25, 0.3) is 0 Å². The molecule has 3 nitrogen and oxygen atoms in total. The summed E-state index contributed by atoms with van der Waals surface area (Å²) in [5, 5.41) is 12.2. The summed E-state index contributed by atoms with van der Waals surface area (Å²) < 4.78 is 0. The van der Waals surface area contributed by atoms with Crippen LogP contribution in [0.25, 0.3) is 0 Å². The van der Waals surface area contributed by atoms with E-state index in [1.807, 2.05) is 12.1 Å². The standard InChI is InChI=1S/C10H12ClNO2/c1-7(13)10(14)12-6-8-2-4-9(11)5-3-8/h2-5,7,13H,6H2,1H3,(H,12,14). The Bertz CT molecular complexity index is 308. The maximum Gasteiger partial charge on any atom is 0.248 e. The highest BCUT2D eigenvalue weighted by molar-refractivity contribution is 6.30. The molecule has 4 heteroatoms. The lowest BCUT2D eigenvalue weighted by atomic mass is 10.2. The highest BCUT2D eigenvalue weighted by Gasteiger charge is 2.06. The first kappa shape index (κ1) is 11.0. The van der Waals surface area contributed by atoms with Gasteiger partial charge in [0.05, 0.1) is 0 Å². The molecule has 2 N–H and O–H groups in total. The van der Waals surface area contributed by atoms with Crippen LogP contribution in [0.4, 0.5) is 0 Å². The fourth-order valence-corrected chi connectivity index (χ4v) is 1.07. The molecule has 1 atom stereocenters. The molecule has 76 valence electrons. The first-order valence-corrected chi connectivity index (χ1v) is 4.67. The first-order valence-electron chi connectivity index (χ1n) is 4.30. The number of carbonyl (C=O) groups is 1. The average molecular weight is 214 g/mol. The number of aliphatic hydroxyl groups excluding tert-OH is 1. The highest BCUT2D eigenvalue weighted by atomic mass is 35.5. The Balaban J connectivity index is 2.46. The van der Waals surface area contributed by atoms with E-state index in [4.69, 9.17) is 16.7 Å². The number of rotatable bonds is 3. The van der Waals surface area contributed by atoms with E-state index in [9.17, 15) is 4.79 Å². The van der Waals surface area contributed by atoms with Crippen molar-refractivity contribution in [3.63, 3.8) is 0 Å². The quantitative estimate of drug-likeness (QED) is 0.796. The van der Waals surface area contributed by atoms with Gasteiger partial charge in [0.2, 0.25) is 5.91 Å². The van der Waals surface area contributed by atoms with Crippen LogP contribution in [0.2, 0.25) is 5.02 Å². The van der Waals surface area contributed by atoms with Gasteiger partial charge in [-0.05, 0) is 24.6 Å². The van der Waals surface area contributed by atoms with Crippen LogP contribution in [0.5, 0.6) is 0 Å². The molecule has 0 spiro atoms. The van der Waals surface area contributed by atoms with Gasteiger partial charge in [-0.1, -0.05) is 23.7 Å². The van der Waals surface area contributed by atoms with Gasteiger partial charge in [-0.15, -0.1) is 0 Å². The van der Waals surface area contributed by atoms with E-state index in [0.717, 1.165) is 5.56 Å². The maximum absolute atomic E-state index is 11.0. The van der Waals surface area contributed by atoms with Gasteiger partial charge in [0, 0.05) is 11.6 Å². The third-order valence-electron chi connectivity index (χ3n) is 1.76. The Kier molecular flexibility index (Phi) is 3.92. The van der Waals surface area contributed by atoms with Gasteiger partial charge < -0.3 is 10.4 Å². The number of hydrogen-bond acceptors (Lipinski definition) is 2. The predicted octanol–water partition coefficient (Wildman–Crippen LogP) is 1.34. The molecule has 0 fully saturated rings. The third-order valence-corrected chi connectivity index (χ3v) is 2.01. The summed E-state index contributed by atoms with van der Waals surface area (Å²) in [5.41, 5.74) is 0.948. The average Bonchev–Trinajstić information content (AvgIpc) is 2.16. The lowest BCUT2D eigenvalue weighted by molar-refractivity contribution is -0.128. The summed E-state index contributed by atoms with van der Waals surface area (Å²) in [6, 6.07) is 7.16. The topological polar surface area (TPSA) is 49.3 Å². The predicted molar refractivity (Wildman–Crippen MR) is 55.0 cm³/mol. The number of aliphatic hydroxyl groups is 1. The molecule has 0 saturated heterocycles. The van der Waals surface area contributed by atoms with E-state index in [0.29, 0.717) is 11.6 Å². The summed E-state index contributed by atoms with van der Waals surface area (Å²) in [6.45, 7) is 1.83. The molecule has 1 amide bonds. The highest BCUT2D eigenvalue weighted by Crippen LogP contribution is 2.08. The Morgan fingerprint density at radius 3 is 2.57 bits per heavy atom. The minimum atomic E-state index is -0.970. The summed E-state index contributed by atoms with van der Waals surface area (Å²) in [4.78, 5) is 11.0. The monoisotopic (exact) mass is 213 g/mol. The van der Waals surface area contributed by atoms with Gasteiger partial charge in [-0.25, -0.2) is 0 Å². The van der Waals surface area contributed by atoms with Crippen LogP contribution in [0.1, 0.15) is 12.5 Å². The number of amides is 1. The Labute approximate surface area is 87.7 Å². The van der Waals surface area contributed by atoms with E-state index in [2.05, 4.69) is 5.32 Å². The molecule has 0 aliphatic carbocycles. The van der Waals surface area contributed by atoms with Crippen molar-refractivity contribution >= 4 is 17.5 Å². The van der Waals surface area contributed by atoms with Crippen molar-refractivity contribution in [3.8, 4) is 0 Å². The zero-order valence-electron chi connectivity index (χ0n) is 7.83. The zero-order valence-corrected chi connectivity index (χ0v) is 8.58. The molecule has 1 rings (SSSR count). The Morgan fingerprint density at radius 1 is 1.50 bits per heavy atom. The van der Waals surface area contributed by atoms with E-state index in [1.165, 1.54) is 6.92 Å². The number of hydrogen-bond donors (Lipinski definition) is 2. The van der Waals surface area contributed by atoms with Gasteiger partial charge in [-0.3, -0.25) is 4.79 Å². The lowest BCUT2D eigenvalue weighted by Crippen LogP contribution is -2.31. The van der Waals surface area contributed by atoms with E-state index < -0.39 is 6.10 Å². The Hall–Kier alpha value is -1.06. The van der Waals surface area contributed by atoms with Crippen molar-refractivity contribution in [2.75, 3.05) is 0 Å². The minimum Gasteiger partial charge on any atom is -0.384 e. The third kappa shape index (κ3) is 3.36. The van der Waals surface area contributed by atoms with Crippen molar-refractivity contribution in [1.29, 1.82) is 0 Å². The van der Waals surface area contributed by atoms with Crippen LogP contribution in [0, 0.1) is 0 Å². The molecule has 0 heterocycles. The lowest BCUT2D eigenvalue weighted by Gasteiger charge is -2.06. The van der Waals surface area contributed by atoms with E-state index in [-0.39, 0.29) is 5.91 Å². The van der Waals surface area contributed by atoms with Gasteiger partial charge in [0.15, 0.2) is 0 Å². The van der Waals surface area contributed by atoms with Gasteiger partial charge in [0.1, 0.15) is 6.10 Å². The molecule has 1 aromatic carbocycles. The smallest absolute Gasteiger partial charge is 0.248 e. The molecular formula is C10H12ClNO2. The van der Waals surface area contributed by atoms with Crippen LogP contribution in [-0.4, -0.2) is 17.1 Å². The summed E-state index contributed by atoms with van der Waals surface area (Å²) in [5.74, 6) is -0.375. The first-order chi connectivity index (χ1) is 6.59. The SMILES string of the molecule is CC(O)C(=O)NCc1ccc(Cl)cc1. The summed E-state index contributed by atoms with van der Waals surface area (Å²) in [6.07, 6.45) is -0.970. The fourth-order valence-electron chi connectivity index (χ4n) is 0.939. The van der Waals surface area contributed by atoms with Crippen LogP contribution in [-0.2, 0) is 11.3 Å². The zero-order chi connectivity index (χ0) is 10.6. The molecule has 0 aromatic heterocycles. The number of carbonyl (C=O) groups excluding carboxylic acids is 1. The molecule has 1 unspecified atom stereocenters. The van der Waals surface area contributed by atoms with Crippen LogP contribution >= 0.6 is 11.6 Å². The molecular weight excluding hydrogens is 202 g/mol. The molecule has 0 saturated carbocycles. The number of nitrogens with one attached hydrogen (secondary N) is 1. The fraction of sp³-hybridized carbons (Fsp3) is 0.300. The van der Waals surface area contributed by atoms with Crippen molar-refractivity contribution in [1.82, 2.24) is 5.32 Å². The van der Waals surface area contributed by atoms with E-state index in [1.54, 1.807) is 12.1 Å². The molecule has 0 aliphatic rings. The summed E-state index contributed by atoms with van der Waals surface area (Å²) in [7, 11) is 0. The van der Waals surface area contributed by atoms with Gasteiger partial charge in [-0.2, -0.15) is 0 Å². The van der Waals surface area contributed by atoms with Gasteiger partial charge >= 0.3 is 0 Å². The second-order valence-corrected chi connectivity index (χ2v) is 3.46. The minimum absolute atomic E-state index is 0.375. The molecule has 0 aliphatic heterocycles. The number of halogens is 1. The Morgan fingerprint density at radius 2 is 2.07 bits per heavy atom. The molecule has 0 radical (unpaired) electrons. The molecule has 0 bridgehead atoms. The maximum atomic E-state index is 11.0. The van der Waals surface area contributed by atoms with Crippen LogP contribution in [0.15, 0.2) is 24.3 Å². The van der Waals surface area contributed by atoms with E-state index >= 15 is 0 Å². The normalized spacial score (nSPS) is 12.2. The largest absolute Gasteiger partial charge is 0.384 e. The van der Waals surface area contributed by atoms with Crippen molar-refractivity contribution < 1.29 is 9.90 Å². The second-order valence-electron chi connectivity index (χ2n) is 3.02. The van der Waals surface area contributed by atoms with Crippen molar-refractivity contribution in [2.45, 2.75) is 19.6 Å². The van der Waals surface area contributed by atoms with Crippen molar-refractivity contribution in [3.05, 3.63) is 34.9 Å². The van der Waals surface area contributed by atoms with Crippen LogP contribution in [0.3, 0.4) is 0 Å². The van der Waals surface area contributed by atoms with Crippen molar-refractivity contribution in [2.24, 2.45) is 0 Å². The molecule has 14 heavy (non-hydrogen) atoms. The second kappa shape index (κ2) is 4.98. The summed E-state index contributed by atoms with van der Waals surface area (Å²) >= 11 is 5.70. The number of benzene rings is 1.